The number of nitro benzene ring substituents is 1. The van der Waals surface area contributed by atoms with Crippen molar-refractivity contribution >= 4 is 29.1 Å². The molecule has 2 aromatic carbocycles. The largest absolute Gasteiger partial charge is 0.508 e. The van der Waals surface area contributed by atoms with E-state index < -0.39 is 16.8 Å². The molecular weight excluding hydrogens is 480 g/mol. The van der Waals surface area contributed by atoms with Crippen molar-refractivity contribution in [1.82, 2.24) is 9.97 Å². The van der Waals surface area contributed by atoms with Gasteiger partial charge in [0.25, 0.3) is 11.2 Å². The van der Waals surface area contributed by atoms with Gasteiger partial charge in [-0.1, -0.05) is 56.0 Å². The van der Waals surface area contributed by atoms with Gasteiger partial charge < -0.3 is 15.4 Å². The van der Waals surface area contributed by atoms with Gasteiger partial charge in [0.05, 0.1) is 16.4 Å². The molecule has 0 unspecified atom stereocenters. The molecule has 36 heavy (non-hydrogen) atoms. The van der Waals surface area contributed by atoms with Crippen molar-refractivity contribution in [2.75, 3.05) is 5.32 Å². The summed E-state index contributed by atoms with van der Waals surface area (Å²) in [5, 5.41) is 24.6. The van der Waals surface area contributed by atoms with E-state index in [4.69, 9.17) is 0 Å². The number of anilines is 1. The van der Waals surface area contributed by atoms with E-state index in [0.717, 1.165) is 5.56 Å². The summed E-state index contributed by atoms with van der Waals surface area (Å²) in [7, 11) is 0. The average Bonchev–Trinajstić information content (AvgIpc) is 2.81. The van der Waals surface area contributed by atoms with Crippen molar-refractivity contribution in [3.05, 3.63) is 97.5 Å². The molecule has 1 aliphatic heterocycles. The number of nitrogens with zero attached hydrogens (tertiary/aromatic N) is 2. The minimum Gasteiger partial charge on any atom is -0.508 e. The van der Waals surface area contributed by atoms with Crippen molar-refractivity contribution in [3.63, 3.8) is 0 Å². The van der Waals surface area contributed by atoms with Gasteiger partial charge in [-0.15, -0.1) is 0 Å². The Labute approximate surface area is 210 Å². The number of phenols is 1. The van der Waals surface area contributed by atoms with Crippen LogP contribution in [0.15, 0.2) is 70.3 Å². The van der Waals surface area contributed by atoms with Gasteiger partial charge in [-0.3, -0.25) is 19.7 Å². The third kappa shape index (κ3) is 4.51. The van der Waals surface area contributed by atoms with Crippen LogP contribution in [0.1, 0.15) is 42.9 Å². The van der Waals surface area contributed by atoms with E-state index in [2.05, 4.69) is 15.3 Å². The van der Waals surface area contributed by atoms with Crippen LogP contribution >= 0.6 is 11.8 Å². The number of benzene rings is 2. The Morgan fingerprint density at radius 2 is 1.92 bits per heavy atom. The number of ketones is 1. The number of rotatable bonds is 5. The van der Waals surface area contributed by atoms with E-state index in [1.165, 1.54) is 23.9 Å². The van der Waals surface area contributed by atoms with E-state index in [9.17, 15) is 24.8 Å². The summed E-state index contributed by atoms with van der Waals surface area (Å²) in [6, 6.07) is 12.9. The number of aromatic nitrogens is 2. The minimum absolute atomic E-state index is 0.0130. The Morgan fingerprint density at radius 3 is 2.61 bits per heavy atom. The number of hydrogen-bond acceptors (Lipinski definition) is 8. The Hall–Kier alpha value is -3.92. The van der Waals surface area contributed by atoms with E-state index in [1.54, 1.807) is 36.4 Å². The number of fused-ring (bicyclic) bond motifs is 2. The van der Waals surface area contributed by atoms with E-state index >= 15 is 0 Å². The summed E-state index contributed by atoms with van der Waals surface area (Å²) in [5.74, 6) is -0.248. The predicted molar refractivity (Wildman–Crippen MR) is 136 cm³/mol. The number of Topliss-reactive ketones (excluding diaryl/α,β-unsaturated/α-hetero) is 1. The number of nitro groups is 1. The molecule has 1 aliphatic carbocycles. The van der Waals surface area contributed by atoms with Crippen LogP contribution < -0.4 is 10.9 Å². The van der Waals surface area contributed by atoms with Gasteiger partial charge >= 0.3 is 0 Å². The molecular formula is C26H24N4O5S. The van der Waals surface area contributed by atoms with Crippen LogP contribution in [-0.4, -0.2) is 25.8 Å². The first-order chi connectivity index (χ1) is 17.1. The van der Waals surface area contributed by atoms with Gasteiger partial charge in [0.1, 0.15) is 17.4 Å². The first-order valence-corrected chi connectivity index (χ1v) is 12.4. The zero-order chi connectivity index (χ0) is 25.6. The highest BCUT2D eigenvalue weighted by Gasteiger charge is 2.45. The van der Waals surface area contributed by atoms with E-state index in [1.807, 2.05) is 19.9 Å². The lowest BCUT2D eigenvalue weighted by atomic mass is 9.67. The normalized spacial score (nSPS) is 20.1. The molecule has 0 saturated carbocycles. The summed E-state index contributed by atoms with van der Waals surface area (Å²) in [4.78, 5) is 44.6. The number of carbonyl (C=O) groups excluding carboxylic acids is 1. The molecule has 0 amide bonds. The molecule has 9 nitrogen and oxygen atoms in total. The number of hydrogen-bond donors (Lipinski definition) is 3. The number of aromatic amines is 1. The van der Waals surface area contributed by atoms with Gasteiger partial charge in [0, 0.05) is 35.9 Å². The number of H-pyrrole nitrogens is 1. The lowest BCUT2D eigenvalue weighted by molar-refractivity contribution is -0.384. The molecule has 2 aliphatic rings. The van der Waals surface area contributed by atoms with Crippen LogP contribution in [-0.2, 0) is 10.5 Å². The summed E-state index contributed by atoms with van der Waals surface area (Å²) in [5.41, 5.74) is 1.89. The predicted octanol–water partition coefficient (Wildman–Crippen LogP) is 4.73. The molecule has 0 radical (unpaired) electrons. The molecule has 3 aromatic rings. The summed E-state index contributed by atoms with van der Waals surface area (Å²) in [6.07, 6.45) is 2.38. The smallest absolute Gasteiger partial charge is 0.269 e. The second-order valence-electron chi connectivity index (χ2n) is 9.75. The van der Waals surface area contributed by atoms with Crippen LogP contribution in [0.5, 0.6) is 5.75 Å². The first-order valence-electron chi connectivity index (χ1n) is 11.4. The Morgan fingerprint density at radius 1 is 1.17 bits per heavy atom. The molecule has 5 rings (SSSR count). The van der Waals surface area contributed by atoms with Crippen LogP contribution in [0.3, 0.4) is 0 Å². The third-order valence-corrected chi connectivity index (χ3v) is 7.40. The topological polar surface area (TPSA) is 138 Å². The van der Waals surface area contributed by atoms with Crippen LogP contribution in [0.4, 0.5) is 11.5 Å². The minimum atomic E-state index is -0.590. The molecule has 184 valence electrons. The van der Waals surface area contributed by atoms with Gasteiger partial charge in [0.15, 0.2) is 5.16 Å². The standard InChI is InChI=1S/C26H24N4O5S/c1-26(2)11-18-21(19(32)12-26)20(15-4-3-5-17(31)10-15)22-23(27-18)28-25(29-24(22)33)36-13-14-6-8-16(9-7-14)30(34)35/h3-11,20-21,31H,12-13H2,1-2H3,(H2,27,28,29,33)/t20-,21-/m1/s1. The Balaban J connectivity index is 1.54. The molecule has 2 atom stereocenters. The fraction of sp³-hybridized carbons (Fsp3) is 0.269. The maximum atomic E-state index is 13.4. The van der Waals surface area contributed by atoms with Gasteiger partial charge in [-0.25, -0.2) is 4.98 Å². The van der Waals surface area contributed by atoms with Gasteiger partial charge in [0.2, 0.25) is 0 Å². The second kappa shape index (κ2) is 8.94. The van der Waals surface area contributed by atoms with E-state index in [0.29, 0.717) is 40.0 Å². The van der Waals surface area contributed by atoms with Crippen LogP contribution in [0.25, 0.3) is 0 Å². The zero-order valence-electron chi connectivity index (χ0n) is 19.6. The molecule has 0 spiro atoms. The van der Waals surface area contributed by atoms with E-state index in [-0.39, 0.29) is 28.2 Å². The van der Waals surface area contributed by atoms with Crippen molar-refractivity contribution in [1.29, 1.82) is 0 Å². The van der Waals surface area contributed by atoms with Crippen molar-refractivity contribution < 1.29 is 14.8 Å². The molecule has 10 heteroatoms. The Kier molecular flexibility index (Phi) is 5.91. The molecule has 1 aromatic heterocycles. The number of aromatic hydroxyl groups is 1. The summed E-state index contributed by atoms with van der Waals surface area (Å²) >= 11 is 1.30. The second-order valence-corrected chi connectivity index (χ2v) is 10.7. The van der Waals surface area contributed by atoms with Crippen LogP contribution in [0, 0.1) is 21.4 Å². The monoisotopic (exact) mass is 504 g/mol. The zero-order valence-corrected chi connectivity index (χ0v) is 20.5. The van der Waals surface area contributed by atoms with Gasteiger partial charge in [-0.2, -0.15) is 0 Å². The number of thioether (sulfide) groups is 1. The van der Waals surface area contributed by atoms with Crippen molar-refractivity contribution in [2.45, 2.75) is 37.1 Å². The maximum Gasteiger partial charge on any atom is 0.269 e. The highest BCUT2D eigenvalue weighted by Crippen LogP contribution is 2.48. The number of non-ortho nitro benzene ring substituents is 1. The molecule has 2 heterocycles. The fourth-order valence-electron chi connectivity index (χ4n) is 4.93. The number of allylic oxidation sites excluding steroid dienone is 2. The number of phenolic OH excluding ortho intramolecular Hbond substituents is 1. The molecule has 0 fully saturated rings. The number of nitrogens with one attached hydrogen (secondary N) is 2. The average molecular weight is 505 g/mol. The molecule has 0 bridgehead atoms. The summed E-state index contributed by atoms with van der Waals surface area (Å²) in [6.45, 7) is 3.98. The third-order valence-electron chi connectivity index (χ3n) is 6.45. The highest BCUT2D eigenvalue weighted by atomic mass is 32.2. The van der Waals surface area contributed by atoms with Crippen molar-refractivity contribution in [3.8, 4) is 5.75 Å². The van der Waals surface area contributed by atoms with Crippen molar-refractivity contribution in [2.24, 2.45) is 11.3 Å². The Bertz CT molecular complexity index is 1460. The van der Waals surface area contributed by atoms with Gasteiger partial charge in [-0.05, 0) is 28.7 Å². The molecule has 0 saturated heterocycles. The lowest BCUT2D eigenvalue weighted by Crippen LogP contribution is -2.41. The maximum absolute atomic E-state index is 13.4. The summed E-state index contributed by atoms with van der Waals surface area (Å²) < 4.78 is 0. The van der Waals surface area contributed by atoms with Crippen LogP contribution in [0.2, 0.25) is 0 Å². The lowest BCUT2D eigenvalue weighted by Gasteiger charge is -2.40. The fourth-order valence-corrected chi connectivity index (χ4v) is 5.75. The number of carbonyl (C=O) groups is 1. The SMILES string of the molecule is CC1(C)C=C2Nc3nc(SCc4ccc([N+](=O)[O-])cc4)[nH]c(=O)c3[C@H](c3cccc(O)c3)[C@H]2C(=O)C1. The molecule has 3 N–H and O–H groups in total. The quantitative estimate of drug-likeness (QED) is 0.196. The first kappa shape index (κ1) is 23.8. The highest BCUT2D eigenvalue weighted by molar-refractivity contribution is 7.98.